The lowest BCUT2D eigenvalue weighted by molar-refractivity contribution is 0.107. The molecule has 7 rings (SSSR count). The number of halogens is 3. The quantitative estimate of drug-likeness (QED) is 0.223. The number of aromatic nitrogens is 3. The third-order valence-corrected chi connectivity index (χ3v) is 9.97. The molecule has 0 radical (unpaired) electrons. The number of hydrogen-bond acceptors (Lipinski definition) is 9. The number of ether oxygens (including phenoxy) is 3. The fourth-order valence-corrected chi connectivity index (χ4v) is 7.69. The van der Waals surface area contributed by atoms with E-state index in [1.165, 1.54) is 20.3 Å². The second-order valence-corrected chi connectivity index (χ2v) is 12.8. The Hall–Kier alpha value is -4.34. The van der Waals surface area contributed by atoms with Crippen LogP contribution in [-0.4, -0.2) is 83.2 Å². The van der Waals surface area contributed by atoms with Crippen molar-refractivity contribution in [3.05, 3.63) is 41.5 Å². The maximum absolute atomic E-state index is 17.0. The van der Waals surface area contributed by atoms with Crippen LogP contribution in [0.25, 0.3) is 32.9 Å². The summed E-state index contributed by atoms with van der Waals surface area (Å²) in [6.07, 6.45) is 9.16. The predicted octanol–water partition coefficient (Wildman–Crippen LogP) is 5.65. The van der Waals surface area contributed by atoms with E-state index in [4.69, 9.17) is 20.6 Å². The van der Waals surface area contributed by atoms with Crippen LogP contribution in [0.4, 0.5) is 19.0 Å². The van der Waals surface area contributed by atoms with Gasteiger partial charge in [0, 0.05) is 36.6 Å². The molecule has 246 valence electrons. The molecule has 4 heterocycles. The Balaban J connectivity index is 1.41. The van der Waals surface area contributed by atoms with Gasteiger partial charge >= 0.3 is 6.01 Å². The van der Waals surface area contributed by atoms with Crippen molar-refractivity contribution in [2.24, 2.45) is 5.92 Å². The number of terminal acetylenes is 1. The molecule has 9 nitrogen and oxygen atoms in total. The van der Waals surface area contributed by atoms with Crippen molar-refractivity contribution < 1.29 is 32.5 Å². The van der Waals surface area contributed by atoms with E-state index in [1.807, 2.05) is 0 Å². The molecule has 3 aliphatic rings. The first-order chi connectivity index (χ1) is 22.8. The van der Waals surface area contributed by atoms with Gasteiger partial charge in [-0.1, -0.05) is 12.0 Å². The maximum atomic E-state index is 17.0. The number of pyridine rings is 1. The number of alkyl halides is 1. The summed E-state index contributed by atoms with van der Waals surface area (Å²) in [4.78, 5) is 15.9. The van der Waals surface area contributed by atoms with Crippen molar-refractivity contribution in [2.75, 3.05) is 45.8 Å². The summed E-state index contributed by atoms with van der Waals surface area (Å²) in [5, 5.41) is 14.2. The molecule has 2 saturated heterocycles. The molecule has 3 fully saturated rings. The number of hydrogen-bond donors (Lipinski definition) is 2. The minimum Gasteiger partial charge on any atom is -0.497 e. The molecule has 2 aromatic carbocycles. The SMILES string of the molecule is C#Cc1c(F)ccc2cc(OC)cc(-c3nc(OC)c4c(N[C@@H]5CC[C@H](CO)C5)nc(OC[C@@]56CCCN5C[C@H](F)C6)nc4c3F)c12. The van der Waals surface area contributed by atoms with E-state index in [-0.39, 0.29) is 76.0 Å². The maximum Gasteiger partial charge on any atom is 0.319 e. The van der Waals surface area contributed by atoms with Crippen LogP contribution in [0.5, 0.6) is 17.6 Å². The highest BCUT2D eigenvalue weighted by Gasteiger charge is 2.49. The number of nitrogens with zero attached hydrogens (tertiary/aromatic N) is 4. The molecule has 0 spiro atoms. The molecular formula is C35H36F3N5O4. The van der Waals surface area contributed by atoms with Gasteiger partial charge in [-0.2, -0.15) is 9.97 Å². The van der Waals surface area contributed by atoms with Gasteiger partial charge in [-0.25, -0.2) is 18.2 Å². The minimum absolute atomic E-state index is 0.0356. The zero-order valence-electron chi connectivity index (χ0n) is 26.3. The van der Waals surface area contributed by atoms with Crippen molar-refractivity contribution in [2.45, 2.75) is 56.3 Å². The average Bonchev–Trinajstić information content (AvgIpc) is 3.77. The Bertz CT molecular complexity index is 1900. The van der Waals surface area contributed by atoms with Gasteiger partial charge in [0.2, 0.25) is 5.88 Å². The lowest BCUT2D eigenvalue weighted by Gasteiger charge is -2.30. The molecule has 4 aromatic rings. The summed E-state index contributed by atoms with van der Waals surface area (Å²) in [6.45, 7) is 1.37. The number of nitrogens with one attached hydrogen (secondary N) is 1. The highest BCUT2D eigenvalue weighted by atomic mass is 19.1. The molecule has 2 aromatic heterocycles. The normalized spacial score (nSPS) is 24.1. The zero-order valence-corrected chi connectivity index (χ0v) is 26.3. The Labute approximate surface area is 270 Å². The number of anilines is 1. The van der Waals surface area contributed by atoms with Crippen molar-refractivity contribution >= 4 is 27.5 Å². The van der Waals surface area contributed by atoms with Crippen LogP contribution in [0, 0.1) is 29.9 Å². The van der Waals surface area contributed by atoms with E-state index in [9.17, 15) is 13.9 Å². The minimum atomic E-state index is -0.943. The van der Waals surface area contributed by atoms with E-state index in [1.54, 1.807) is 18.2 Å². The number of aliphatic hydroxyl groups is 1. The van der Waals surface area contributed by atoms with Crippen LogP contribution in [0.15, 0.2) is 24.3 Å². The summed E-state index contributed by atoms with van der Waals surface area (Å²) >= 11 is 0. The molecule has 47 heavy (non-hydrogen) atoms. The average molecular weight is 648 g/mol. The van der Waals surface area contributed by atoms with Gasteiger partial charge in [-0.15, -0.1) is 6.42 Å². The van der Waals surface area contributed by atoms with Crippen LogP contribution < -0.4 is 19.5 Å². The number of aliphatic hydroxyl groups excluding tert-OH is 1. The van der Waals surface area contributed by atoms with Gasteiger partial charge in [-0.05, 0) is 68.2 Å². The number of benzene rings is 2. The third kappa shape index (κ3) is 5.45. The second-order valence-electron chi connectivity index (χ2n) is 12.8. The molecule has 12 heteroatoms. The number of methoxy groups -OCH3 is 2. The van der Waals surface area contributed by atoms with Crippen LogP contribution in [0.3, 0.4) is 0 Å². The predicted molar refractivity (Wildman–Crippen MR) is 172 cm³/mol. The highest BCUT2D eigenvalue weighted by Crippen LogP contribution is 2.43. The molecule has 0 unspecified atom stereocenters. The molecule has 0 amide bonds. The Morgan fingerprint density at radius 1 is 1.13 bits per heavy atom. The van der Waals surface area contributed by atoms with Crippen LogP contribution in [-0.2, 0) is 0 Å². The lowest BCUT2D eigenvalue weighted by atomic mass is 9.95. The summed E-state index contributed by atoms with van der Waals surface area (Å²) in [7, 11) is 2.88. The monoisotopic (exact) mass is 647 g/mol. The smallest absolute Gasteiger partial charge is 0.319 e. The molecule has 2 N–H and O–H groups in total. The van der Waals surface area contributed by atoms with Crippen LogP contribution >= 0.6 is 0 Å². The first-order valence-electron chi connectivity index (χ1n) is 15.9. The van der Waals surface area contributed by atoms with Gasteiger partial charge in [0.25, 0.3) is 0 Å². The van der Waals surface area contributed by atoms with E-state index in [0.29, 0.717) is 30.5 Å². The Kier molecular flexibility index (Phi) is 8.22. The van der Waals surface area contributed by atoms with Crippen molar-refractivity contribution in [1.29, 1.82) is 0 Å². The van der Waals surface area contributed by atoms with Gasteiger partial charge in [0.15, 0.2) is 5.82 Å². The van der Waals surface area contributed by atoms with Gasteiger partial charge < -0.3 is 24.6 Å². The standard InChI is InChI=1S/C35H36F3N5O4/c1-4-24-26(37)9-7-20-13-23(45-2)14-25(27(20)24)30-29(38)31-28(33(40-30)46-3)32(39-22-8-6-19(12-22)17-44)42-34(41-31)47-18-35-10-5-11-43(35)16-21(36)15-35/h1,7,9,13-14,19,21-22,44H,5-6,8,10-12,15-18H2,2-3H3,(H,39,41,42)/t19-,21+,22+,35-/m0/s1. The van der Waals surface area contributed by atoms with Crippen molar-refractivity contribution in [3.8, 4) is 41.2 Å². The summed E-state index contributed by atoms with van der Waals surface area (Å²) in [5.74, 6) is 1.78. The summed E-state index contributed by atoms with van der Waals surface area (Å²) in [5.41, 5.74) is -0.616. The zero-order chi connectivity index (χ0) is 32.9. The number of rotatable bonds is 9. The topological polar surface area (TPSA) is 102 Å². The Morgan fingerprint density at radius 3 is 2.72 bits per heavy atom. The van der Waals surface area contributed by atoms with Crippen LogP contribution in [0.1, 0.15) is 44.1 Å². The van der Waals surface area contributed by atoms with Gasteiger partial charge in [0.05, 0.1) is 25.3 Å². The lowest BCUT2D eigenvalue weighted by Crippen LogP contribution is -2.43. The van der Waals surface area contributed by atoms with Crippen molar-refractivity contribution in [3.63, 3.8) is 0 Å². The molecular weight excluding hydrogens is 611 g/mol. The van der Waals surface area contributed by atoms with Gasteiger partial charge in [0.1, 0.15) is 46.8 Å². The largest absolute Gasteiger partial charge is 0.497 e. The highest BCUT2D eigenvalue weighted by molar-refractivity contribution is 6.04. The van der Waals surface area contributed by atoms with Crippen LogP contribution in [0.2, 0.25) is 0 Å². The molecule has 4 atom stereocenters. The van der Waals surface area contributed by atoms with E-state index in [0.717, 1.165) is 32.2 Å². The number of fused-ring (bicyclic) bond motifs is 3. The molecule has 1 saturated carbocycles. The fraction of sp³-hybridized carbons (Fsp3) is 0.457. The van der Waals surface area contributed by atoms with Crippen molar-refractivity contribution in [1.82, 2.24) is 19.9 Å². The van der Waals surface area contributed by atoms with E-state index < -0.39 is 23.3 Å². The first kappa shape index (κ1) is 31.3. The molecule has 2 aliphatic heterocycles. The van der Waals surface area contributed by atoms with E-state index in [2.05, 4.69) is 31.1 Å². The Morgan fingerprint density at radius 2 is 1.98 bits per heavy atom. The second kappa shape index (κ2) is 12.4. The van der Waals surface area contributed by atoms with E-state index >= 15 is 4.39 Å². The fourth-order valence-electron chi connectivity index (χ4n) is 7.69. The third-order valence-electron chi connectivity index (χ3n) is 9.97. The van der Waals surface area contributed by atoms with Gasteiger partial charge in [-0.3, -0.25) is 4.90 Å². The first-order valence-corrected chi connectivity index (χ1v) is 15.9. The molecule has 1 aliphatic carbocycles. The summed E-state index contributed by atoms with van der Waals surface area (Å²) in [6, 6.07) is 5.90. The molecule has 0 bridgehead atoms. The summed E-state index contributed by atoms with van der Waals surface area (Å²) < 4.78 is 63.9.